The Morgan fingerprint density at radius 1 is 1.59 bits per heavy atom. The standard InChI is InChI=1S/C12H18N2O3/c1-3-7-13-11(15)10-6-5-8-14(9-10)12(16)17-4-2/h1,10H,4-9H2,2H3,(H,13,15). The first-order chi connectivity index (χ1) is 8.19. The minimum absolute atomic E-state index is 0.0862. The van der Waals surface area contributed by atoms with Crippen molar-refractivity contribution in [3.05, 3.63) is 0 Å². The van der Waals surface area contributed by atoms with Gasteiger partial charge < -0.3 is 15.0 Å². The quantitative estimate of drug-likeness (QED) is 0.733. The Morgan fingerprint density at radius 2 is 2.35 bits per heavy atom. The Labute approximate surface area is 101 Å². The van der Waals surface area contributed by atoms with Crippen LogP contribution in [0, 0.1) is 18.3 Å². The molecule has 1 unspecified atom stereocenters. The zero-order chi connectivity index (χ0) is 12.7. The number of hydrogen-bond donors (Lipinski definition) is 1. The van der Waals surface area contributed by atoms with Gasteiger partial charge in [-0.3, -0.25) is 4.79 Å². The van der Waals surface area contributed by atoms with E-state index in [2.05, 4.69) is 11.2 Å². The Balaban J connectivity index is 2.46. The van der Waals surface area contributed by atoms with Crippen molar-refractivity contribution in [1.82, 2.24) is 10.2 Å². The molecule has 1 rings (SSSR count). The molecule has 0 aromatic carbocycles. The second-order valence-corrected chi connectivity index (χ2v) is 3.91. The van der Waals surface area contributed by atoms with Crippen LogP contribution in [-0.2, 0) is 9.53 Å². The van der Waals surface area contributed by atoms with Crippen LogP contribution in [0.4, 0.5) is 4.79 Å². The van der Waals surface area contributed by atoms with E-state index in [0.29, 0.717) is 19.7 Å². The summed E-state index contributed by atoms with van der Waals surface area (Å²) < 4.78 is 4.91. The molecule has 1 fully saturated rings. The number of amides is 2. The van der Waals surface area contributed by atoms with Crippen LogP contribution in [0.1, 0.15) is 19.8 Å². The SMILES string of the molecule is C#CCNC(=O)C1CCCN(C(=O)OCC)C1. The van der Waals surface area contributed by atoms with Crippen molar-refractivity contribution in [3.63, 3.8) is 0 Å². The number of carbonyl (C=O) groups is 2. The van der Waals surface area contributed by atoms with Crippen molar-refractivity contribution in [3.8, 4) is 12.3 Å². The van der Waals surface area contributed by atoms with Crippen LogP contribution in [0.15, 0.2) is 0 Å². The molecular formula is C12H18N2O3. The second-order valence-electron chi connectivity index (χ2n) is 3.91. The van der Waals surface area contributed by atoms with Gasteiger partial charge in [-0.25, -0.2) is 4.79 Å². The van der Waals surface area contributed by atoms with Crippen LogP contribution in [0.5, 0.6) is 0 Å². The maximum Gasteiger partial charge on any atom is 0.409 e. The number of nitrogens with one attached hydrogen (secondary N) is 1. The molecule has 1 heterocycles. The van der Waals surface area contributed by atoms with Crippen LogP contribution in [0.3, 0.4) is 0 Å². The first kappa shape index (κ1) is 13.4. The third-order valence-electron chi connectivity index (χ3n) is 2.68. The molecule has 1 N–H and O–H groups in total. The fraction of sp³-hybridized carbons (Fsp3) is 0.667. The Morgan fingerprint density at radius 3 is 3.00 bits per heavy atom. The highest BCUT2D eigenvalue weighted by molar-refractivity contribution is 5.80. The average Bonchev–Trinajstić information content (AvgIpc) is 2.36. The van der Waals surface area contributed by atoms with Crippen LogP contribution >= 0.6 is 0 Å². The molecule has 5 nitrogen and oxygen atoms in total. The van der Waals surface area contributed by atoms with Gasteiger partial charge in [-0.1, -0.05) is 5.92 Å². The summed E-state index contributed by atoms with van der Waals surface area (Å²) in [5.41, 5.74) is 0. The zero-order valence-electron chi connectivity index (χ0n) is 10.1. The van der Waals surface area contributed by atoms with Gasteiger partial charge in [0.2, 0.25) is 5.91 Å². The minimum atomic E-state index is -0.345. The van der Waals surface area contributed by atoms with Crippen molar-refractivity contribution in [2.45, 2.75) is 19.8 Å². The van der Waals surface area contributed by atoms with Crippen molar-refractivity contribution in [1.29, 1.82) is 0 Å². The van der Waals surface area contributed by atoms with Crippen molar-refractivity contribution >= 4 is 12.0 Å². The van der Waals surface area contributed by atoms with Crippen LogP contribution in [0.25, 0.3) is 0 Å². The monoisotopic (exact) mass is 238 g/mol. The largest absolute Gasteiger partial charge is 0.450 e. The molecule has 0 aromatic rings. The average molecular weight is 238 g/mol. The lowest BCUT2D eigenvalue weighted by molar-refractivity contribution is -0.126. The summed E-state index contributed by atoms with van der Waals surface area (Å²) in [6.45, 7) is 3.41. The lowest BCUT2D eigenvalue weighted by Gasteiger charge is -2.31. The fourth-order valence-electron chi connectivity index (χ4n) is 1.85. The molecule has 0 bridgehead atoms. The van der Waals surface area contributed by atoms with Crippen LogP contribution < -0.4 is 5.32 Å². The summed E-state index contributed by atoms with van der Waals surface area (Å²) in [5, 5.41) is 2.64. The van der Waals surface area contributed by atoms with Gasteiger partial charge in [-0.05, 0) is 19.8 Å². The van der Waals surface area contributed by atoms with E-state index in [9.17, 15) is 9.59 Å². The third kappa shape index (κ3) is 3.99. The Bertz CT molecular complexity index is 322. The third-order valence-corrected chi connectivity index (χ3v) is 2.68. The number of terminal acetylenes is 1. The van der Waals surface area contributed by atoms with Gasteiger partial charge in [0.1, 0.15) is 0 Å². The van der Waals surface area contributed by atoms with E-state index in [4.69, 9.17) is 11.2 Å². The van der Waals surface area contributed by atoms with E-state index in [-0.39, 0.29) is 24.5 Å². The molecule has 0 spiro atoms. The van der Waals surface area contributed by atoms with Crippen molar-refractivity contribution < 1.29 is 14.3 Å². The molecule has 1 aliphatic heterocycles. The molecule has 1 atom stereocenters. The maximum atomic E-state index is 11.7. The summed E-state index contributed by atoms with van der Waals surface area (Å²) in [7, 11) is 0. The van der Waals surface area contributed by atoms with Gasteiger partial charge in [-0.2, -0.15) is 0 Å². The summed E-state index contributed by atoms with van der Waals surface area (Å²) >= 11 is 0. The zero-order valence-corrected chi connectivity index (χ0v) is 10.1. The molecule has 5 heteroatoms. The maximum absolute atomic E-state index is 11.7. The molecule has 2 amide bonds. The summed E-state index contributed by atoms with van der Waals surface area (Å²) in [6, 6.07) is 0. The van der Waals surface area contributed by atoms with E-state index >= 15 is 0 Å². The molecular weight excluding hydrogens is 220 g/mol. The summed E-state index contributed by atoms with van der Waals surface area (Å²) in [6.07, 6.45) is 6.32. The van der Waals surface area contributed by atoms with E-state index < -0.39 is 0 Å². The topological polar surface area (TPSA) is 58.6 Å². The van der Waals surface area contributed by atoms with E-state index in [0.717, 1.165) is 12.8 Å². The van der Waals surface area contributed by atoms with Gasteiger partial charge in [0.05, 0.1) is 19.1 Å². The molecule has 0 aliphatic carbocycles. The minimum Gasteiger partial charge on any atom is -0.450 e. The molecule has 0 saturated carbocycles. The van der Waals surface area contributed by atoms with E-state index in [1.165, 1.54) is 0 Å². The predicted octanol–water partition coefficient (Wildman–Crippen LogP) is 0.604. The highest BCUT2D eigenvalue weighted by Gasteiger charge is 2.28. The highest BCUT2D eigenvalue weighted by atomic mass is 16.6. The molecule has 1 aliphatic rings. The van der Waals surface area contributed by atoms with Crippen molar-refractivity contribution in [2.75, 3.05) is 26.2 Å². The summed E-state index contributed by atoms with van der Waals surface area (Å²) in [5.74, 6) is 2.09. The van der Waals surface area contributed by atoms with Gasteiger partial charge >= 0.3 is 6.09 Å². The molecule has 0 aromatic heterocycles. The smallest absolute Gasteiger partial charge is 0.409 e. The van der Waals surface area contributed by atoms with Gasteiger partial charge in [-0.15, -0.1) is 6.42 Å². The molecule has 1 saturated heterocycles. The number of likely N-dealkylation sites (tertiary alicyclic amines) is 1. The lowest BCUT2D eigenvalue weighted by Crippen LogP contribution is -2.45. The van der Waals surface area contributed by atoms with E-state index in [1.807, 2.05) is 0 Å². The van der Waals surface area contributed by atoms with Gasteiger partial charge in [0, 0.05) is 13.1 Å². The second kappa shape index (κ2) is 6.79. The number of ether oxygens (including phenoxy) is 1. The van der Waals surface area contributed by atoms with Crippen molar-refractivity contribution in [2.24, 2.45) is 5.92 Å². The van der Waals surface area contributed by atoms with Gasteiger partial charge in [0.15, 0.2) is 0 Å². The molecule has 17 heavy (non-hydrogen) atoms. The summed E-state index contributed by atoms with van der Waals surface area (Å²) in [4.78, 5) is 24.8. The fourth-order valence-corrected chi connectivity index (χ4v) is 1.85. The first-order valence-corrected chi connectivity index (χ1v) is 5.82. The number of piperidine rings is 1. The number of nitrogens with zero attached hydrogens (tertiary/aromatic N) is 1. The van der Waals surface area contributed by atoms with Gasteiger partial charge in [0.25, 0.3) is 0 Å². The predicted molar refractivity (Wildman–Crippen MR) is 63.2 cm³/mol. The van der Waals surface area contributed by atoms with E-state index in [1.54, 1.807) is 11.8 Å². The number of rotatable bonds is 3. The Hall–Kier alpha value is -1.70. The van der Waals surface area contributed by atoms with Crippen LogP contribution in [-0.4, -0.2) is 43.1 Å². The number of hydrogen-bond acceptors (Lipinski definition) is 3. The molecule has 94 valence electrons. The normalized spacial score (nSPS) is 19.3. The first-order valence-electron chi connectivity index (χ1n) is 5.82. The van der Waals surface area contributed by atoms with Crippen LogP contribution in [0.2, 0.25) is 0 Å². The lowest BCUT2D eigenvalue weighted by atomic mass is 9.97. The Kier molecular flexibility index (Phi) is 5.34. The number of carbonyl (C=O) groups excluding carboxylic acids is 2. The highest BCUT2D eigenvalue weighted by Crippen LogP contribution is 2.17. The molecule has 0 radical (unpaired) electrons.